The smallest absolute Gasteiger partial charge is 0.254 e. The van der Waals surface area contributed by atoms with Crippen molar-refractivity contribution >= 4 is 11.9 Å². The normalized spacial score (nSPS) is 16.2. The van der Waals surface area contributed by atoms with E-state index in [9.17, 15) is 9.18 Å². The summed E-state index contributed by atoms with van der Waals surface area (Å²) in [7, 11) is 0. The van der Waals surface area contributed by atoms with Crippen LogP contribution in [0.15, 0.2) is 30.6 Å². The summed E-state index contributed by atoms with van der Waals surface area (Å²) in [5.41, 5.74) is 1.11. The molecule has 1 amide bonds. The lowest BCUT2D eigenvalue weighted by atomic mass is 10.1. The summed E-state index contributed by atoms with van der Waals surface area (Å²) < 4.78 is 20.1. The van der Waals surface area contributed by atoms with Crippen LogP contribution in [0.25, 0.3) is 0 Å². The van der Waals surface area contributed by atoms with Crippen LogP contribution in [0.4, 0.5) is 10.3 Å². The third kappa shape index (κ3) is 7.11. The molecule has 1 saturated heterocycles. The average molecular weight is 474 g/mol. The molecular formula is C25H36FN5O3. The van der Waals surface area contributed by atoms with Crippen molar-refractivity contribution in [1.82, 2.24) is 20.2 Å². The highest BCUT2D eigenvalue weighted by Gasteiger charge is 2.22. The van der Waals surface area contributed by atoms with Gasteiger partial charge in [0.1, 0.15) is 11.6 Å². The number of halogens is 1. The molecule has 1 aromatic heterocycles. The van der Waals surface area contributed by atoms with Crippen LogP contribution in [-0.4, -0.2) is 77.4 Å². The van der Waals surface area contributed by atoms with E-state index in [-0.39, 0.29) is 12.2 Å². The molecular weight excluding hydrogens is 437 g/mol. The number of aliphatic hydroxyl groups is 1. The van der Waals surface area contributed by atoms with E-state index in [1.807, 2.05) is 12.4 Å². The number of anilines is 1. The van der Waals surface area contributed by atoms with Crippen molar-refractivity contribution in [3.8, 4) is 5.75 Å². The average Bonchev–Trinajstić information content (AvgIpc) is 2.84. The Morgan fingerprint density at radius 3 is 2.53 bits per heavy atom. The second-order valence-electron chi connectivity index (χ2n) is 8.85. The molecule has 0 radical (unpaired) electrons. The van der Waals surface area contributed by atoms with Crippen LogP contribution in [0, 0.1) is 5.82 Å². The number of hydrogen-bond acceptors (Lipinski definition) is 7. The van der Waals surface area contributed by atoms with Crippen molar-refractivity contribution in [2.45, 2.75) is 52.1 Å². The third-order valence-corrected chi connectivity index (χ3v) is 6.09. The van der Waals surface area contributed by atoms with Gasteiger partial charge in [0.2, 0.25) is 5.95 Å². The quantitative estimate of drug-likeness (QED) is 0.519. The minimum Gasteiger partial charge on any atom is -0.493 e. The molecule has 0 spiro atoms. The van der Waals surface area contributed by atoms with E-state index in [4.69, 9.17) is 9.84 Å². The van der Waals surface area contributed by atoms with Gasteiger partial charge in [-0.2, -0.15) is 0 Å². The van der Waals surface area contributed by atoms with Gasteiger partial charge in [0.25, 0.3) is 5.91 Å². The van der Waals surface area contributed by atoms with Gasteiger partial charge >= 0.3 is 0 Å². The monoisotopic (exact) mass is 473 g/mol. The van der Waals surface area contributed by atoms with E-state index >= 15 is 0 Å². The van der Waals surface area contributed by atoms with Crippen LogP contribution < -0.4 is 15.0 Å². The lowest BCUT2D eigenvalue weighted by Crippen LogP contribution is -2.50. The van der Waals surface area contributed by atoms with Crippen LogP contribution in [0.1, 0.15) is 49.5 Å². The zero-order valence-corrected chi connectivity index (χ0v) is 20.3. The third-order valence-electron chi connectivity index (χ3n) is 6.09. The van der Waals surface area contributed by atoms with Crippen LogP contribution in [0.3, 0.4) is 0 Å². The number of carbonyl (C=O) groups is 1. The molecule has 1 unspecified atom stereocenters. The van der Waals surface area contributed by atoms with E-state index in [0.29, 0.717) is 18.4 Å². The second-order valence-corrected chi connectivity index (χ2v) is 8.85. The van der Waals surface area contributed by atoms with Gasteiger partial charge in [0, 0.05) is 56.7 Å². The highest BCUT2D eigenvalue weighted by molar-refractivity contribution is 5.94. The van der Waals surface area contributed by atoms with E-state index in [1.54, 1.807) is 13.0 Å². The SMILES string of the molecule is CCCc1cnc(N2CCN(C(C)CCOc3ccc(C(=O)N[C@H](C)CO)c(F)c3)CC2)nc1. The number of hydrogen-bond donors (Lipinski definition) is 2. The Morgan fingerprint density at radius 2 is 1.91 bits per heavy atom. The molecule has 9 heteroatoms. The van der Waals surface area contributed by atoms with Crippen LogP contribution in [-0.2, 0) is 6.42 Å². The van der Waals surface area contributed by atoms with Gasteiger partial charge in [-0.3, -0.25) is 9.69 Å². The number of amides is 1. The molecule has 1 aromatic carbocycles. The molecule has 186 valence electrons. The maximum atomic E-state index is 14.3. The Bertz CT molecular complexity index is 919. The molecule has 1 fully saturated rings. The molecule has 2 atom stereocenters. The molecule has 0 saturated carbocycles. The first-order valence-electron chi connectivity index (χ1n) is 12.0. The predicted molar refractivity (Wildman–Crippen MR) is 130 cm³/mol. The van der Waals surface area contributed by atoms with Crippen molar-refractivity contribution in [3.63, 3.8) is 0 Å². The molecule has 8 nitrogen and oxygen atoms in total. The molecule has 2 aromatic rings. The van der Waals surface area contributed by atoms with Gasteiger partial charge in [-0.15, -0.1) is 0 Å². The number of aryl methyl sites for hydroxylation is 1. The molecule has 34 heavy (non-hydrogen) atoms. The fourth-order valence-electron chi connectivity index (χ4n) is 3.94. The van der Waals surface area contributed by atoms with Gasteiger partial charge in [-0.25, -0.2) is 14.4 Å². The Morgan fingerprint density at radius 1 is 1.21 bits per heavy atom. The van der Waals surface area contributed by atoms with Gasteiger partial charge in [0.05, 0.1) is 18.8 Å². The van der Waals surface area contributed by atoms with E-state index in [1.165, 1.54) is 17.7 Å². The Kier molecular flexibility index (Phi) is 9.59. The maximum absolute atomic E-state index is 14.3. The predicted octanol–water partition coefficient (Wildman–Crippen LogP) is 2.66. The number of aromatic nitrogens is 2. The first-order chi connectivity index (χ1) is 16.4. The number of rotatable bonds is 11. The van der Waals surface area contributed by atoms with E-state index in [0.717, 1.165) is 51.4 Å². The van der Waals surface area contributed by atoms with E-state index < -0.39 is 17.8 Å². The molecule has 1 aliphatic rings. The number of carbonyl (C=O) groups excluding carboxylic acids is 1. The van der Waals surface area contributed by atoms with Crippen molar-refractivity contribution < 1.29 is 19.0 Å². The maximum Gasteiger partial charge on any atom is 0.254 e. The second kappa shape index (κ2) is 12.6. The van der Waals surface area contributed by atoms with Crippen LogP contribution >= 0.6 is 0 Å². The van der Waals surface area contributed by atoms with Crippen molar-refractivity contribution in [2.75, 3.05) is 44.3 Å². The molecule has 3 rings (SSSR count). The molecule has 0 aliphatic carbocycles. The standard InChI is InChI=1S/C25H36FN5O3/c1-4-5-20-15-27-25(28-16-20)31-11-9-30(10-12-31)19(3)8-13-34-21-6-7-22(23(26)14-21)24(33)29-18(2)17-32/h6-7,14-16,18-19,32H,4-5,8-13,17H2,1-3H3,(H,29,33)/t18-,19?/m1/s1. The number of piperazine rings is 1. The Labute approximate surface area is 201 Å². The van der Waals surface area contributed by atoms with Gasteiger partial charge in [0.15, 0.2) is 0 Å². The number of nitrogens with zero attached hydrogens (tertiary/aromatic N) is 4. The number of nitrogens with one attached hydrogen (secondary N) is 1. The molecule has 2 heterocycles. The molecule has 0 bridgehead atoms. The zero-order chi connectivity index (χ0) is 24.5. The molecule has 2 N–H and O–H groups in total. The van der Waals surface area contributed by atoms with Crippen LogP contribution in [0.5, 0.6) is 5.75 Å². The first-order valence-corrected chi connectivity index (χ1v) is 12.0. The van der Waals surface area contributed by atoms with Gasteiger partial charge < -0.3 is 20.1 Å². The zero-order valence-electron chi connectivity index (χ0n) is 20.3. The Hall–Kier alpha value is -2.78. The highest BCUT2D eigenvalue weighted by Crippen LogP contribution is 2.19. The minimum absolute atomic E-state index is 0.0668. The van der Waals surface area contributed by atoms with Crippen LogP contribution in [0.2, 0.25) is 0 Å². The summed E-state index contributed by atoms with van der Waals surface area (Å²) in [6, 6.07) is 4.11. The van der Waals surface area contributed by atoms with E-state index in [2.05, 4.69) is 38.9 Å². The highest BCUT2D eigenvalue weighted by atomic mass is 19.1. The van der Waals surface area contributed by atoms with Crippen molar-refractivity contribution in [2.24, 2.45) is 0 Å². The summed E-state index contributed by atoms with van der Waals surface area (Å²) in [4.78, 5) is 25.7. The lowest BCUT2D eigenvalue weighted by molar-refractivity contribution is 0.0918. The molecule has 1 aliphatic heterocycles. The fourth-order valence-corrected chi connectivity index (χ4v) is 3.94. The van der Waals surface area contributed by atoms with Gasteiger partial charge in [-0.05, 0) is 44.4 Å². The lowest BCUT2D eigenvalue weighted by Gasteiger charge is -2.38. The number of aliphatic hydroxyl groups excluding tert-OH is 1. The first kappa shape index (κ1) is 25.8. The minimum atomic E-state index is -0.644. The summed E-state index contributed by atoms with van der Waals surface area (Å²) in [5.74, 6) is -0.0136. The summed E-state index contributed by atoms with van der Waals surface area (Å²) >= 11 is 0. The number of ether oxygens (including phenoxy) is 1. The Balaban J connectivity index is 1.42. The van der Waals surface area contributed by atoms with Crippen molar-refractivity contribution in [1.29, 1.82) is 0 Å². The summed E-state index contributed by atoms with van der Waals surface area (Å²) in [5, 5.41) is 11.6. The fraction of sp³-hybridized carbons (Fsp3) is 0.560. The number of benzene rings is 1. The largest absolute Gasteiger partial charge is 0.493 e. The summed E-state index contributed by atoms with van der Waals surface area (Å²) in [6.45, 7) is 9.81. The van der Waals surface area contributed by atoms with Gasteiger partial charge in [-0.1, -0.05) is 13.3 Å². The van der Waals surface area contributed by atoms with Crippen molar-refractivity contribution in [3.05, 3.63) is 47.5 Å². The topological polar surface area (TPSA) is 90.8 Å². The summed E-state index contributed by atoms with van der Waals surface area (Å²) in [6.07, 6.45) is 6.75.